The van der Waals surface area contributed by atoms with E-state index in [9.17, 15) is 9.90 Å². The number of ether oxygens (including phenoxy) is 1. The number of hydrogen-bond acceptors (Lipinski definition) is 3. The van der Waals surface area contributed by atoms with Crippen molar-refractivity contribution in [1.29, 1.82) is 0 Å². The van der Waals surface area contributed by atoms with Gasteiger partial charge in [-0.15, -0.1) is 0 Å². The van der Waals surface area contributed by atoms with Crippen LogP contribution < -0.4 is 10.1 Å². The van der Waals surface area contributed by atoms with Gasteiger partial charge in [-0.2, -0.15) is 0 Å². The molecule has 5 nitrogen and oxygen atoms in total. The average Bonchev–Trinajstić information content (AvgIpc) is 2.89. The lowest BCUT2D eigenvalue weighted by Gasteiger charge is -2.20. The average molecular weight is 302 g/mol. The van der Waals surface area contributed by atoms with Crippen molar-refractivity contribution < 1.29 is 14.6 Å². The van der Waals surface area contributed by atoms with Crippen LogP contribution in [0.1, 0.15) is 43.5 Å². The second-order valence-corrected chi connectivity index (χ2v) is 5.76. The molecule has 22 heavy (non-hydrogen) atoms. The molecule has 1 aromatic heterocycles. The van der Waals surface area contributed by atoms with Gasteiger partial charge in [0.1, 0.15) is 11.8 Å². The van der Waals surface area contributed by atoms with Crippen LogP contribution in [0.5, 0.6) is 5.75 Å². The van der Waals surface area contributed by atoms with Gasteiger partial charge in [0.2, 0.25) is 0 Å². The van der Waals surface area contributed by atoms with Crippen molar-refractivity contribution in [2.75, 3.05) is 13.2 Å². The number of aliphatic carboxylic acids is 1. The number of rotatable bonds is 6. The van der Waals surface area contributed by atoms with Crippen LogP contribution in [0.3, 0.4) is 0 Å². The predicted molar refractivity (Wildman–Crippen MR) is 85.4 cm³/mol. The van der Waals surface area contributed by atoms with Crippen molar-refractivity contribution in [3.8, 4) is 5.75 Å². The van der Waals surface area contributed by atoms with E-state index >= 15 is 0 Å². The Bertz CT molecular complexity index is 678. The van der Waals surface area contributed by atoms with E-state index in [1.807, 2.05) is 18.2 Å². The molecule has 2 aromatic rings. The molecule has 118 valence electrons. The summed E-state index contributed by atoms with van der Waals surface area (Å²) in [6, 6.07) is 5.30. The normalized spacial score (nSPS) is 17.4. The summed E-state index contributed by atoms with van der Waals surface area (Å²) in [7, 11) is 0. The van der Waals surface area contributed by atoms with Gasteiger partial charge in [-0.05, 0) is 36.6 Å². The van der Waals surface area contributed by atoms with Gasteiger partial charge in [-0.3, -0.25) is 10.1 Å². The maximum Gasteiger partial charge on any atom is 0.326 e. The molecule has 0 aliphatic carbocycles. The largest absolute Gasteiger partial charge is 0.494 e. The molecule has 1 aliphatic rings. The van der Waals surface area contributed by atoms with Gasteiger partial charge in [0.15, 0.2) is 0 Å². The number of carboxylic acids is 1. The second-order valence-electron chi connectivity index (χ2n) is 5.76. The molecule has 1 aromatic carbocycles. The van der Waals surface area contributed by atoms with Crippen molar-refractivity contribution in [3.63, 3.8) is 0 Å². The molecule has 3 N–H and O–H groups in total. The Morgan fingerprint density at radius 1 is 1.41 bits per heavy atom. The van der Waals surface area contributed by atoms with Crippen molar-refractivity contribution in [3.05, 3.63) is 29.5 Å². The third-order valence-electron chi connectivity index (χ3n) is 4.19. The van der Waals surface area contributed by atoms with Crippen LogP contribution in [0, 0.1) is 0 Å². The molecular formula is C17H22N2O3. The van der Waals surface area contributed by atoms with Gasteiger partial charge < -0.3 is 14.8 Å². The van der Waals surface area contributed by atoms with Crippen LogP contribution in [-0.2, 0) is 11.2 Å². The monoisotopic (exact) mass is 302 g/mol. The highest BCUT2D eigenvalue weighted by molar-refractivity contribution is 5.89. The number of carboxylic acid groups (broad SMARTS) is 1. The molecule has 5 heteroatoms. The van der Waals surface area contributed by atoms with E-state index < -0.39 is 12.0 Å². The van der Waals surface area contributed by atoms with Crippen LogP contribution in [0.25, 0.3) is 10.9 Å². The molecule has 1 atom stereocenters. The molecule has 0 bridgehead atoms. The van der Waals surface area contributed by atoms with E-state index in [1.165, 1.54) is 12.8 Å². The molecule has 0 saturated heterocycles. The highest BCUT2D eigenvalue weighted by Gasteiger charge is 2.28. The van der Waals surface area contributed by atoms with E-state index in [0.29, 0.717) is 6.54 Å². The summed E-state index contributed by atoms with van der Waals surface area (Å²) in [6.07, 6.45) is 4.24. The quantitative estimate of drug-likeness (QED) is 0.717. The van der Waals surface area contributed by atoms with Crippen LogP contribution in [-0.4, -0.2) is 29.2 Å². The predicted octanol–water partition coefficient (Wildman–Crippen LogP) is 3.01. The van der Waals surface area contributed by atoms with Crippen molar-refractivity contribution in [1.82, 2.24) is 10.3 Å². The minimum atomic E-state index is -0.844. The zero-order chi connectivity index (χ0) is 15.5. The van der Waals surface area contributed by atoms with Crippen LogP contribution >= 0.6 is 0 Å². The van der Waals surface area contributed by atoms with Crippen molar-refractivity contribution in [2.24, 2.45) is 0 Å². The smallest absolute Gasteiger partial charge is 0.326 e. The minimum absolute atomic E-state index is 0.648. The van der Waals surface area contributed by atoms with E-state index in [4.69, 9.17) is 4.74 Å². The Morgan fingerprint density at radius 3 is 3.05 bits per heavy atom. The van der Waals surface area contributed by atoms with E-state index in [2.05, 4.69) is 17.2 Å². The van der Waals surface area contributed by atoms with Crippen LogP contribution in [0.15, 0.2) is 18.2 Å². The maximum absolute atomic E-state index is 11.4. The molecule has 0 saturated carbocycles. The third-order valence-corrected chi connectivity index (χ3v) is 4.19. The lowest BCUT2D eigenvalue weighted by atomic mass is 9.99. The molecule has 0 radical (unpaired) electrons. The van der Waals surface area contributed by atoms with E-state index in [0.717, 1.165) is 47.4 Å². The lowest BCUT2D eigenvalue weighted by Crippen LogP contribution is -2.34. The molecule has 3 rings (SSSR count). The summed E-state index contributed by atoms with van der Waals surface area (Å²) in [5.74, 6) is 0.0133. The molecular weight excluding hydrogens is 280 g/mol. The molecule has 1 unspecified atom stereocenters. The van der Waals surface area contributed by atoms with Crippen molar-refractivity contribution >= 4 is 16.9 Å². The van der Waals surface area contributed by atoms with E-state index in [-0.39, 0.29) is 0 Å². The number of nitrogens with one attached hydrogen (secondary N) is 2. The number of hydrogen-bond donors (Lipinski definition) is 3. The van der Waals surface area contributed by atoms with Gasteiger partial charge in [-0.25, -0.2) is 0 Å². The topological polar surface area (TPSA) is 74.3 Å². The summed E-state index contributed by atoms with van der Waals surface area (Å²) in [5, 5.41) is 13.4. The summed E-state index contributed by atoms with van der Waals surface area (Å²) in [5.41, 5.74) is 2.85. The summed E-state index contributed by atoms with van der Waals surface area (Å²) >= 11 is 0. The number of aromatic nitrogens is 1. The van der Waals surface area contributed by atoms with Gasteiger partial charge in [-0.1, -0.05) is 19.8 Å². The Kier molecular flexibility index (Phi) is 4.34. The fraction of sp³-hybridized carbons (Fsp3) is 0.471. The number of unbranched alkanes of at least 4 members (excludes halogenated alkanes) is 2. The first-order valence-electron chi connectivity index (χ1n) is 7.94. The second kappa shape index (κ2) is 6.40. The highest BCUT2D eigenvalue weighted by atomic mass is 16.5. The lowest BCUT2D eigenvalue weighted by molar-refractivity contribution is -0.139. The Labute approximate surface area is 129 Å². The first kappa shape index (κ1) is 14.9. The minimum Gasteiger partial charge on any atom is -0.494 e. The van der Waals surface area contributed by atoms with Crippen LogP contribution in [0.4, 0.5) is 0 Å². The fourth-order valence-electron chi connectivity index (χ4n) is 3.05. The first-order valence-corrected chi connectivity index (χ1v) is 7.94. The maximum atomic E-state index is 11.4. The summed E-state index contributed by atoms with van der Waals surface area (Å²) < 4.78 is 5.81. The van der Waals surface area contributed by atoms with Gasteiger partial charge >= 0.3 is 5.97 Å². The molecule has 2 heterocycles. The Balaban J connectivity index is 1.87. The number of fused-ring (bicyclic) bond motifs is 3. The van der Waals surface area contributed by atoms with Crippen LogP contribution in [0.2, 0.25) is 0 Å². The van der Waals surface area contributed by atoms with Gasteiger partial charge in [0.05, 0.1) is 6.61 Å². The standard InChI is InChI=1S/C17H22N2O3/c1-2-3-4-9-22-11-5-6-14-13(10-11)12-7-8-18-16(17(20)21)15(12)19-14/h5-6,10,16,18-19H,2-4,7-9H2,1H3,(H,20,21). The number of carbonyl (C=O) groups is 1. The number of benzene rings is 1. The van der Waals surface area contributed by atoms with Gasteiger partial charge in [0.25, 0.3) is 0 Å². The fourth-order valence-corrected chi connectivity index (χ4v) is 3.05. The number of aromatic amines is 1. The zero-order valence-electron chi connectivity index (χ0n) is 12.8. The number of H-pyrrole nitrogens is 1. The SMILES string of the molecule is CCCCCOc1ccc2[nH]c3c(c2c1)CCNC3C(=O)O. The zero-order valence-corrected chi connectivity index (χ0v) is 12.8. The Hall–Kier alpha value is -2.01. The molecule has 0 spiro atoms. The third kappa shape index (κ3) is 2.81. The van der Waals surface area contributed by atoms with E-state index in [1.54, 1.807) is 0 Å². The summed E-state index contributed by atoms with van der Waals surface area (Å²) in [6.45, 7) is 3.58. The van der Waals surface area contributed by atoms with Gasteiger partial charge in [0, 0.05) is 23.1 Å². The summed E-state index contributed by atoms with van der Waals surface area (Å²) in [4.78, 5) is 14.6. The first-order chi connectivity index (χ1) is 10.7. The molecule has 1 aliphatic heterocycles. The molecule has 0 fully saturated rings. The highest BCUT2D eigenvalue weighted by Crippen LogP contribution is 2.32. The van der Waals surface area contributed by atoms with Crippen molar-refractivity contribution in [2.45, 2.75) is 38.6 Å². The Morgan fingerprint density at radius 2 is 2.27 bits per heavy atom. The molecule has 0 amide bonds.